The first-order valence-corrected chi connectivity index (χ1v) is 11.0. The number of aromatic nitrogens is 1. The van der Waals surface area contributed by atoms with E-state index in [4.69, 9.17) is 4.98 Å². The number of rotatable bonds is 7. The lowest BCUT2D eigenvalue weighted by atomic mass is 10.1. The van der Waals surface area contributed by atoms with E-state index in [1.807, 2.05) is 43.5 Å². The third kappa shape index (κ3) is 5.36. The van der Waals surface area contributed by atoms with Crippen molar-refractivity contribution in [2.75, 3.05) is 38.3 Å². The Hall–Kier alpha value is -1.93. The molecule has 5 nitrogen and oxygen atoms in total. The highest BCUT2D eigenvalue weighted by Crippen LogP contribution is 2.34. The third-order valence-electron chi connectivity index (χ3n) is 4.38. The molecule has 0 aliphatic carbocycles. The first-order valence-electron chi connectivity index (χ1n) is 8.92. The molecule has 0 atom stereocenters. The summed E-state index contributed by atoms with van der Waals surface area (Å²) in [7, 11) is 3.96. The number of carbonyl (C=O) groups excluding carboxylic acids is 2. The quantitative estimate of drug-likeness (QED) is 0.381. The SMILES string of the molecule is CSc1cccc2sc(N(CCN(C)C)C(=O)c3ccc(C(C)=O)cc3)nc12.Cl. The van der Waals surface area contributed by atoms with Crippen molar-refractivity contribution in [3.8, 4) is 0 Å². The number of nitrogens with zero attached hydrogens (tertiary/aromatic N) is 3. The van der Waals surface area contributed by atoms with E-state index in [0.717, 1.165) is 21.7 Å². The largest absolute Gasteiger partial charge is 0.308 e. The van der Waals surface area contributed by atoms with E-state index in [1.54, 1.807) is 40.9 Å². The summed E-state index contributed by atoms with van der Waals surface area (Å²) >= 11 is 3.18. The summed E-state index contributed by atoms with van der Waals surface area (Å²) in [5, 5.41) is 0.694. The van der Waals surface area contributed by atoms with Gasteiger partial charge in [0.15, 0.2) is 10.9 Å². The lowest BCUT2D eigenvalue weighted by Crippen LogP contribution is -2.36. The molecule has 0 radical (unpaired) electrons. The van der Waals surface area contributed by atoms with Crippen LogP contribution >= 0.6 is 35.5 Å². The van der Waals surface area contributed by atoms with Gasteiger partial charge in [0.25, 0.3) is 5.91 Å². The molecule has 0 bridgehead atoms. The summed E-state index contributed by atoms with van der Waals surface area (Å²) in [6.07, 6.45) is 2.03. The number of thioether (sulfide) groups is 1. The van der Waals surface area contributed by atoms with Crippen LogP contribution in [0.3, 0.4) is 0 Å². The van der Waals surface area contributed by atoms with Crippen LogP contribution in [0.4, 0.5) is 5.13 Å². The van der Waals surface area contributed by atoms with Gasteiger partial charge in [-0.2, -0.15) is 0 Å². The van der Waals surface area contributed by atoms with Crippen LogP contribution in [0.15, 0.2) is 47.4 Å². The van der Waals surface area contributed by atoms with Crippen LogP contribution < -0.4 is 4.90 Å². The lowest BCUT2D eigenvalue weighted by Gasteiger charge is -2.22. The van der Waals surface area contributed by atoms with Gasteiger partial charge in [0.1, 0.15) is 0 Å². The van der Waals surface area contributed by atoms with Crippen LogP contribution in [-0.4, -0.2) is 55.0 Å². The van der Waals surface area contributed by atoms with Crippen molar-refractivity contribution in [1.29, 1.82) is 0 Å². The van der Waals surface area contributed by atoms with Gasteiger partial charge in [0.05, 0.1) is 10.2 Å². The molecule has 29 heavy (non-hydrogen) atoms. The Labute approximate surface area is 185 Å². The van der Waals surface area contributed by atoms with E-state index in [1.165, 1.54) is 18.3 Å². The van der Waals surface area contributed by atoms with Gasteiger partial charge in [-0.15, -0.1) is 24.2 Å². The number of likely N-dealkylation sites (N-methyl/N-ethyl adjacent to an activating group) is 1. The average Bonchev–Trinajstić information content (AvgIpc) is 3.11. The van der Waals surface area contributed by atoms with Crippen molar-refractivity contribution in [3.05, 3.63) is 53.6 Å². The number of Topliss-reactive ketones (excluding diaryl/α,β-unsaturated/α-hetero) is 1. The molecular formula is C21H24ClN3O2S2. The topological polar surface area (TPSA) is 53.5 Å². The zero-order valence-corrected chi connectivity index (χ0v) is 19.3. The predicted octanol–water partition coefficient (Wildman–Crippen LogP) is 4.85. The number of anilines is 1. The molecular weight excluding hydrogens is 426 g/mol. The second-order valence-electron chi connectivity index (χ2n) is 6.70. The number of thiazole rings is 1. The second-order valence-corrected chi connectivity index (χ2v) is 8.55. The molecule has 3 rings (SSSR count). The Morgan fingerprint density at radius 2 is 1.69 bits per heavy atom. The monoisotopic (exact) mass is 449 g/mol. The van der Waals surface area contributed by atoms with Crippen molar-refractivity contribution in [2.45, 2.75) is 11.8 Å². The summed E-state index contributed by atoms with van der Waals surface area (Å²) in [5.74, 6) is -0.124. The van der Waals surface area contributed by atoms with Gasteiger partial charge in [-0.05, 0) is 51.5 Å². The summed E-state index contributed by atoms with van der Waals surface area (Å²) in [4.78, 5) is 34.4. The standard InChI is InChI=1S/C21H23N3O2S2.ClH/c1-14(25)15-8-10-16(11-9-15)20(26)24(13-12-23(2)3)21-22-19-17(27-4)6-5-7-18(19)28-21;/h5-11H,12-13H2,1-4H3;1H. The minimum absolute atomic E-state index is 0. The van der Waals surface area contributed by atoms with E-state index < -0.39 is 0 Å². The molecule has 0 spiro atoms. The summed E-state index contributed by atoms with van der Waals surface area (Å²) in [5.41, 5.74) is 2.08. The van der Waals surface area contributed by atoms with Crippen LogP contribution in [0.5, 0.6) is 0 Å². The van der Waals surface area contributed by atoms with Gasteiger partial charge in [0.2, 0.25) is 0 Å². The number of hydrogen-bond donors (Lipinski definition) is 0. The van der Waals surface area contributed by atoms with E-state index >= 15 is 0 Å². The first kappa shape index (κ1) is 23.3. The first-order chi connectivity index (χ1) is 13.4. The Kier molecular flexibility index (Phi) is 8.22. The van der Waals surface area contributed by atoms with Gasteiger partial charge in [-0.3, -0.25) is 14.5 Å². The molecule has 154 valence electrons. The summed E-state index contributed by atoms with van der Waals surface area (Å²) in [6, 6.07) is 12.9. The molecule has 0 fully saturated rings. The molecule has 0 saturated carbocycles. The number of carbonyl (C=O) groups is 2. The fraction of sp³-hybridized carbons (Fsp3) is 0.286. The van der Waals surface area contributed by atoms with Gasteiger partial charge in [-0.25, -0.2) is 4.98 Å². The van der Waals surface area contributed by atoms with E-state index in [0.29, 0.717) is 22.8 Å². The van der Waals surface area contributed by atoms with Crippen molar-refractivity contribution >= 4 is 62.5 Å². The maximum absolute atomic E-state index is 13.3. The molecule has 1 amide bonds. The molecule has 1 heterocycles. The maximum Gasteiger partial charge on any atom is 0.260 e. The molecule has 3 aromatic rings. The van der Waals surface area contributed by atoms with Crippen LogP contribution in [-0.2, 0) is 0 Å². The van der Waals surface area contributed by atoms with Crippen molar-refractivity contribution in [3.63, 3.8) is 0 Å². The highest BCUT2D eigenvalue weighted by atomic mass is 35.5. The summed E-state index contributed by atoms with van der Waals surface area (Å²) < 4.78 is 1.07. The van der Waals surface area contributed by atoms with Crippen LogP contribution in [0.2, 0.25) is 0 Å². The van der Waals surface area contributed by atoms with E-state index in [2.05, 4.69) is 0 Å². The fourth-order valence-corrected chi connectivity index (χ4v) is 4.42. The normalized spacial score (nSPS) is 10.8. The molecule has 1 aromatic heterocycles. The molecule has 0 N–H and O–H groups in total. The van der Waals surface area contributed by atoms with Crippen LogP contribution in [0.25, 0.3) is 10.2 Å². The third-order valence-corrected chi connectivity index (χ3v) is 6.19. The predicted molar refractivity (Wildman–Crippen MR) is 125 cm³/mol. The highest BCUT2D eigenvalue weighted by molar-refractivity contribution is 7.98. The second kappa shape index (κ2) is 10.2. The Bertz CT molecular complexity index is 1000. The van der Waals surface area contributed by atoms with Crippen LogP contribution in [0.1, 0.15) is 27.6 Å². The Balaban J connectivity index is 0.00000300. The molecule has 0 aliphatic rings. The van der Waals surface area contributed by atoms with Crippen LogP contribution in [0, 0.1) is 0 Å². The van der Waals surface area contributed by atoms with Crippen molar-refractivity contribution in [2.24, 2.45) is 0 Å². The molecule has 0 saturated heterocycles. The molecule has 0 unspecified atom stereocenters. The smallest absolute Gasteiger partial charge is 0.260 e. The number of ketones is 1. The Morgan fingerprint density at radius 1 is 1.03 bits per heavy atom. The van der Waals surface area contributed by atoms with E-state index in [-0.39, 0.29) is 24.1 Å². The number of para-hydroxylation sites is 1. The minimum Gasteiger partial charge on any atom is -0.308 e. The van der Waals surface area contributed by atoms with Crippen molar-refractivity contribution < 1.29 is 9.59 Å². The van der Waals surface area contributed by atoms with E-state index in [9.17, 15) is 9.59 Å². The van der Waals surface area contributed by atoms with Gasteiger partial charge < -0.3 is 4.90 Å². The number of fused-ring (bicyclic) bond motifs is 1. The molecule has 0 aliphatic heterocycles. The highest BCUT2D eigenvalue weighted by Gasteiger charge is 2.22. The lowest BCUT2D eigenvalue weighted by molar-refractivity contribution is 0.0981. The number of hydrogen-bond acceptors (Lipinski definition) is 6. The number of amides is 1. The summed E-state index contributed by atoms with van der Waals surface area (Å²) in [6.45, 7) is 2.78. The number of benzene rings is 2. The van der Waals surface area contributed by atoms with Gasteiger partial charge >= 0.3 is 0 Å². The zero-order valence-electron chi connectivity index (χ0n) is 16.8. The zero-order chi connectivity index (χ0) is 20.3. The van der Waals surface area contributed by atoms with Gasteiger partial charge in [-0.1, -0.05) is 29.5 Å². The fourth-order valence-electron chi connectivity index (χ4n) is 2.78. The minimum atomic E-state index is -0.110. The maximum atomic E-state index is 13.3. The van der Waals surface area contributed by atoms with Crippen molar-refractivity contribution in [1.82, 2.24) is 9.88 Å². The molecule has 8 heteroatoms. The Morgan fingerprint density at radius 3 is 2.28 bits per heavy atom. The average molecular weight is 450 g/mol. The number of halogens is 1. The molecule has 2 aromatic carbocycles. The van der Waals surface area contributed by atoms with Gasteiger partial charge in [0, 0.05) is 29.1 Å².